The average Bonchev–Trinajstić information content (AvgIpc) is 2.97. The maximum absolute atomic E-state index is 11.6. The van der Waals surface area contributed by atoms with Crippen LogP contribution in [-0.4, -0.2) is 52.3 Å². The summed E-state index contributed by atoms with van der Waals surface area (Å²) in [6.07, 6.45) is 1.85. The Bertz CT molecular complexity index is 252. The fourth-order valence-electron chi connectivity index (χ4n) is 1.27. The molecule has 86 valence electrons. The van der Waals surface area contributed by atoms with E-state index < -0.39 is 18.0 Å². The van der Waals surface area contributed by atoms with Crippen LogP contribution in [0.15, 0.2) is 0 Å². The van der Waals surface area contributed by atoms with Gasteiger partial charge < -0.3 is 20.4 Å². The quantitative estimate of drug-likeness (QED) is 0.584. The lowest BCUT2D eigenvalue weighted by atomic mass is 10.3. The van der Waals surface area contributed by atoms with E-state index in [-0.39, 0.29) is 19.2 Å². The van der Waals surface area contributed by atoms with Crippen molar-refractivity contribution in [2.75, 3.05) is 13.2 Å². The van der Waals surface area contributed by atoms with Crippen molar-refractivity contribution in [1.82, 2.24) is 10.2 Å². The van der Waals surface area contributed by atoms with Crippen LogP contribution in [0.1, 0.15) is 19.8 Å². The predicted molar refractivity (Wildman–Crippen MR) is 52.4 cm³/mol. The van der Waals surface area contributed by atoms with E-state index >= 15 is 0 Å². The molecule has 0 aliphatic heterocycles. The van der Waals surface area contributed by atoms with E-state index in [0.29, 0.717) is 0 Å². The minimum absolute atomic E-state index is 0.106. The summed E-state index contributed by atoms with van der Waals surface area (Å²) in [6.45, 7) is 1.55. The largest absolute Gasteiger partial charge is 0.480 e. The van der Waals surface area contributed by atoms with Crippen LogP contribution in [0.5, 0.6) is 0 Å². The van der Waals surface area contributed by atoms with Gasteiger partial charge in [0.15, 0.2) is 0 Å². The lowest BCUT2D eigenvalue weighted by Crippen LogP contribution is -2.48. The second-order valence-electron chi connectivity index (χ2n) is 3.66. The van der Waals surface area contributed by atoms with Crippen molar-refractivity contribution in [3.8, 4) is 0 Å². The molecule has 2 amide bonds. The van der Waals surface area contributed by atoms with Crippen molar-refractivity contribution >= 4 is 12.0 Å². The number of aliphatic hydroxyl groups excluding tert-OH is 1. The molecule has 1 fully saturated rings. The number of amides is 2. The molecule has 0 spiro atoms. The van der Waals surface area contributed by atoms with Crippen LogP contribution in [-0.2, 0) is 4.79 Å². The van der Waals surface area contributed by atoms with E-state index in [1.807, 2.05) is 0 Å². The van der Waals surface area contributed by atoms with Crippen molar-refractivity contribution in [3.63, 3.8) is 0 Å². The Balaban J connectivity index is 2.45. The fraction of sp³-hybridized carbons (Fsp3) is 0.778. The van der Waals surface area contributed by atoms with E-state index in [1.165, 1.54) is 11.8 Å². The smallest absolute Gasteiger partial charge is 0.325 e. The number of hydrogen-bond donors (Lipinski definition) is 3. The van der Waals surface area contributed by atoms with Crippen LogP contribution in [0.4, 0.5) is 4.79 Å². The molecule has 0 bridgehead atoms. The molecule has 1 saturated carbocycles. The summed E-state index contributed by atoms with van der Waals surface area (Å²) in [7, 11) is 0. The van der Waals surface area contributed by atoms with Gasteiger partial charge in [-0.2, -0.15) is 0 Å². The number of carbonyl (C=O) groups is 2. The molecule has 1 rings (SSSR count). The van der Waals surface area contributed by atoms with E-state index in [4.69, 9.17) is 10.2 Å². The van der Waals surface area contributed by atoms with E-state index in [1.54, 1.807) is 0 Å². The first-order valence-electron chi connectivity index (χ1n) is 4.97. The average molecular weight is 216 g/mol. The minimum Gasteiger partial charge on any atom is -0.480 e. The van der Waals surface area contributed by atoms with Gasteiger partial charge in [0.2, 0.25) is 0 Å². The number of carbonyl (C=O) groups excluding carboxylic acids is 1. The highest BCUT2D eigenvalue weighted by Gasteiger charge is 2.33. The molecular weight excluding hydrogens is 200 g/mol. The van der Waals surface area contributed by atoms with Gasteiger partial charge in [-0.3, -0.25) is 4.79 Å². The van der Waals surface area contributed by atoms with Gasteiger partial charge in [0, 0.05) is 12.6 Å². The normalized spacial score (nSPS) is 16.9. The zero-order valence-electron chi connectivity index (χ0n) is 8.64. The maximum atomic E-state index is 11.6. The number of urea groups is 1. The number of rotatable bonds is 5. The molecule has 15 heavy (non-hydrogen) atoms. The summed E-state index contributed by atoms with van der Waals surface area (Å²) in [5.74, 6) is -1.07. The third-order valence-corrected chi connectivity index (χ3v) is 2.30. The maximum Gasteiger partial charge on any atom is 0.325 e. The third-order valence-electron chi connectivity index (χ3n) is 2.30. The highest BCUT2D eigenvalue weighted by Crippen LogP contribution is 2.26. The summed E-state index contributed by atoms with van der Waals surface area (Å²) in [5.41, 5.74) is 0. The third kappa shape index (κ3) is 3.39. The first-order valence-corrected chi connectivity index (χ1v) is 4.97. The lowest BCUT2D eigenvalue weighted by Gasteiger charge is -2.23. The van der Waals surface area contributed by atoms with Gasteiger partial charge in [-0.05, 0) is 19.8 Å². The van der Waals surface area contributed by atoms with Crippen LogP contribution < -0.4 is 5.32 Å². The number of carboxylic acids is 1. The van der Waals surface area contributed by atoms with Crippen molar-refractivity contribution in [2.45, 2.75) is 31.8 Å². The van der Waals surface area contributed by atoms with Gasteiger partial charge >= 0.3 is 12.0 Å². The van der Waals surface area contributed by atoms with Crippen LogP contribution in [0.25, 0.3) is 0 Å². The molecule has 1 atom stereocenters. The van der Waals surface area contributed by atoms with Crippen LogP contribution in [0.3, 0.4) is 0 Å². The van der Waals surface area contributed by atoms with Crippen LogP contribution in [0, 0.1) is 0 Å². The fourth-order valence-corrected chi connectivity index (χ4v) is 1.27. The van der Waals surface area contributed by atoms with Gasteiger partial charge in [0.1, 0.15) is 6.04 Å². The lowest BCUT2D eigenvalue weighted by molar-refractivity contribution is -0.138. The Morgan fingerprint density at radius 3 is 2.53 bits per heavy atom. The molecule has 0 radical (unpaired) electrons. The summed E-state index contributed by atoms with van der Waals surface area (Å²) in [4.78, 5) is 23.6. The van der Waals surface area contributed by atoms with Crippen molar-refractivity contribution in [3.05, 3.63) is 0 Å². The predicted octanol–water partition coefficient (Wildman–Crippen LogP) is -0.374. The Kier molecular flexibility index (Phi) is 3.90. The Morgan fingerprint density at radius 1 is 1.53 bits per heavy atom. The molecular formula is C9H16N2O4. The zero-order valence-corrected chi connectivity index (χ0v) is 8.64. The summed E-state index contributed by atoms with van der Waals surface area (Å²) in [6, 6.07) is -1.16. The van der Waals surface area contributed by atoms with Gasteiger partial charge in [-0.15, -0.1) is 0 Å². The molecule has 0 aromatic rings. The number of nitrogens with one attached hydrogen (secondary N) is 1. The Morgan fingerprint density at radius 2 is 2.13 bits per heavy atom. The van der Waals surface area contributed by atoms with E-state index in [9.17, 15) is 9.59 Å². The molecule has 6 heteroatoms. The summed E-state index contributed by atoms with van der Waals surface area (Å²) in [5, 5.41) is 19.7. The van der Waals surface area contributed by atoms with Crippen LogP contribution in [0.2, 0.25) is 0 Å². The van der Waals surface area contributed by atoms with Gasteiger partial charge in [0.05, 0.1) is 6.61 Å². The highest BCUT2D eigenvalue weighted by atomic mass is 16.4. The molecule has 1 aliphatic rings. The second-order valence-corrected chi connectivity index (χ2v) is 3.66. The standard InChI is InChI=1S/C9H16N2O4/c1-6(8(13)14)10-9(15)11(4-5-12)7-2-3-7/h6-7,12H,2-5H2,1H3,(H,10,15)(H,13,14). The van der Waals surface area contributed by atoms with Gasteiger partial charge in [-0.1, -0.05) is 0 Å². The monoisotopic (exact) mass is 216 g/mol. The molecule has 0 heterocycles. The second kappa shape index (κ2) is 4.97. The number of aliphatic hydroxyl groups is 1. The SMILES string of the molecule is CC(NC(=O)N(CCO)C1CC1)C(=O)O. The number of hydrogen-bond acceptors (Lipinski definition) is 3. The molecule has 6 nitrogen and oxygen atoms in total. The number of aliphatic carboxylic acids is 1. The zero-order chi connectivity index (χ0) is 11.4. The Labute approximate surface area is 87.9 Å². The first kappa shape index (κ1) is 11.8. The van der Waals surface area contributed by atoms with Crippen molar-refractivity contribution in [1.29, 1.82) is 0 Å². The minimum atomic E-state index is -1.07. The van der Waals surface area contributed by atoms with Crippen molar-refractivity contribution in [2.24, 2.45) is 0 Å². The first-order chi connectivity index (χ1) is 7.06. The molecule has 0 aromatic carbocycles. The molecule has 3 N–H and O–H groups in total. The van der Waals surface area contributed by atoms with E-state index in [2.05, 4.69) is 5.32 Å². The Hall–Kier alpha value is -1.30. The van der Waals surface area contributed by atoms with Gasteiger partial charge in [0.25, 0.3) is 0 Å². The van der Waals surface area contributed by atoms with E-state index in [0.717, 1.165) is 12.8 Å². The molecule has 0 saturated heterocycles. The topological polar surface area (TPSA) is 89.9 Å². The highest BCUT2D eigenvalue weighted by molar-refractivity contribution is 5.82. The molecule has 1 unspecified atom stereocenters. The summed E-state index contributed by atoms with van der Waals surface area (Å²) >= 11 is 0. The van der Waals surface area contributed by atoms with Crippen LogP contribution >= 0.6 is 0 Å². The number of nitrogens with zero attached hydrogens (tertiary/aromatic N) is 1. The summed E-state index contributed by atoms with van der Waals surface area (Å²) < 4.78 is 0. The number of carboxylic acid groups (broad SMARTS) is 1. The molecule has 0 aromatic heterocycles. The van der Waals surface area contributed by atoms with Crippen molar-refractivity contribution < 1.29 is 19.8 Å². The van der Waals surface area contributed by atoms with Gasteiger partial charge in [-0.25, -0.2) is 4.79 Å². The molecule has 1 aliphatic carbocycles.